The van der Waals surface area contributed by atoms with Crippen LogP contribution in [0.2, 0.25) is 0 Å². The second kappa shape index (κ2) is 5.82. The van der Waals surface area contributed by atoms with E-state index in [-0.39, 0.29) is 0 Å². The minimum atomic E-state index is 0.943. The number of aryl methyl sites for hydroxylation is 2. The van der Waals surface area contributed by atoms with Gasteiger partial charge in [-0.25, -0.2) is 4.98 Å². The third-order valence-corrected chi connectivity index (χ3v) is 3.72. The lowest BCUT2D eigenvalue weighted by molar-refractivity contribution is 0.986. The van der Waals surface area contributed by atoms with Crippen molar-refractivity contribution in [2.75, 3.05) is 11.9 Å². The van der Waals surface area contributed by atoms with Crippen LogP contribution in [0.4, 0.5) is 5.69 Å². The third kappa shape index (κ3) is 3.56. The van der Waals surface area contributed by atoms with Crippen molar-refractivity contribution >= 4 is 17.0 Å². The Labute approximate surface area is 107 Å². The smallest absolute Gasteiger partial charge is 0.0945 e. The van der Waals surface area contributed by atoms with Gasteiger partial charge in [-0.3, -0.25) is 0 Å². The van der Waals surface area contributed by atoms with E-state index in [1.54, 1.807) is 11.3 Å². The lowest BCUT2D eigenvalue weighted by Gasteiger charge is -2.05. The quantitative estimate of drug-likeness (QED) is 0.870. The van der Waals surface area contributed by atoms with Gasteiger partial charge in [0.05, 0.1) is 5.01 Å². The van der Waals surface area contributed by atoms with Crippen LogP contribution >= 0.6 is 11.3 Å². The Balaban J connectivity index is 1.81. The van der Waals surface area contributed by atoms with Gasteiger partial charge in [-0.2, -0.15) is 0 Å². The number of aromatic nitrogens is 1. The van der Waals surface area contributed by atoms with Crippen LogP contribution in [0.1, 0.15) is 23.2 Å². The highest BCUT2D eigenvalue weighted by atomic mass is 32.1. The van der Waals surface area contributed by atoms with Gasteiger partial charge in [0.15, 0.2) is 0 Å². The van der Waals surface area contributed by atoms with Gasteiger partial charge < -0.3 is 5.32 Å². The topological polar surface area (TPSA) is 24.9 Å². The molecule has 0 saturated heterocycles. The molecule has 2 aromatic rings. The van der Waals surface area contributed by atoms with Crippen LogP contribution < -0.4 is 5.32 Å². The number of rotatable bonds is 5. The van der Waals surface area contributed by atoms with Crippen molar-refractivity contribution in [1.82, 2.24) is 4.98 Å². The van der Waals surface area contributed by atoms with E-state index in [0.717, 1.165) is 25.1 Å². The minimum Gasteiger partial charge on any atom is -0.385 e. The van der Waals surface area contributed by atoms with Gasteiger partial charge in [0.25, 0.3) is 0 Å². The van der Waals surface area contributed by atoms with Crippen LogP contribution in [0, 0.1) is 6.92 Å². The van der Waals surface area contributed by atoms with Crippen LogP contribution in [0.25, 0.3) is 0 Å². The number of benzene rings is 1. The molecule has 1 N–H and O–H groups in total. The maximum atomic E-state index is 4.45. The number of anilines is 1. The lowest BCUT2D eigenvalue weighted by Crippen LogP contribution is -2.04. The van der Waals surface area contributed by atoms with Crippen molar-refractivity contribution in [1.29, 1.82) is 0 Å². The molecule has 1 aromatic carbocycles. The molecule has 1 heterocycles. The molecule has 0 radical (unpaired) electrons. The molecular weight excluding hydrogens is 228 g/mol. The SMILES string of the molecule is CCc1ccc(NCCc2nc(C)cs2)cc1. The van der Waals surface area contributed by atoms with Crippen molar-refractivity contribution in [2.24, 2.45) is 0 Å². The van der Waals surface area contributed by atoms with Crippen molar-refractivity contribution in [2.45, 2.75) is 26.7 Å². The van der Waals surface area contributed by atoms with Crippen LogP contribution in [0.5, 0.6) is 0 Å². The molecule has 0 saturated carbocycles. The van der Waals surface area contributed by atoms with Gasteiger partial charge in [-0.15, -0.1) is 11.3 Å². The van der Waals surface area contributed by atoms with E-state index in [2.05, 4.69) is 46.9 Å². The number of hydrogen-bond acceptors (Lipinski definition) is 3. The van der Waals surface area contributed by atoms with Crippen LogP contribution in [-0.4, -0.2) is 11.5 Å². The van der Waals surface area contributed by atoms with E-state index in [1.165, 1.54) is 16.3 Å². The Morgan fingerprint density at radius 2 is 2.00 bits per heavy atom. The number of nitrogens with zero attached hydrogens (tertiary/aromatic N) is 1. The van der Waals surface area contributed by atoms with Gasteiger partial charge in [-0.05, 0) is 31.0 Å². The summed E-state index contributed by atoms with van der Waals surface area (Å²) in [6, 6.07) is 8.64. The fourth-order valence-corrected chi connectivity index (χ4v) is 2.47. The van der Waals surface area contributed by atoms with E-state index in [9.17, 15) is 0 Å². The summed E-state index contributed by atoms with van der Waals surface area (Å²) in [6.45, 7) is 5.16. The molecule has 0 spiro atoms. The molecule has 3 heteroatoms. The Kier molecular flexibility index (Phi) is 4.15. The zero-order valence-electron chi connectivity index (χ0n) is 10.4. The fraction of sp³-hybridized carbons (Fsp3) is 0.357. The predicted octanol–water partition coefficient (Wildman–Crippen LogP) is 3.67. The molecule has 17 heavy (non-hydrogen) atoms. The van der Waals surface area contributed by atoms with E-state index >= 15 is 0 Å². The maximum Gasteiger partial charge on any atom is 0.0945 e. The average Bonchev–Trinajstić information content (AvgIpc) is 2.76. The Morgan fingerprint density at radius 3 is 2.59 bits per heavy atom. The van der Waals surface area contributed by atoms with Crippen LogP contribution in [-0.2, 0) is 12.8 Å². The Morgan fingerprint density at radius 1 is 1.24 bits per heavy atom. The molecule has 2 rings (SSSR count). The largest absolute Gasteiger partial charge is 0.385 e. The maximum absolute atomic E-state index is 4.45. The zero-order valence-corrected chi connectivity index (χ0v) is 11.2. The molecule has 0 unspecified atom stereocenters. The molecule has 0 aliphatic heterocycles. The first-order valence-electron chi connectivity index (χ1n) is 6.01. The molecule has 0 aliphatic rings. The second-order valence-electron chi connectivity index (χ2n) is 4.11. The fourth-order valence-electron chi connectivity index (χ4n) is 1.69. The van der Waals surface area contributed by atoms with E-state index in [0.29, 0.717) is 0 Å². The first kappa shape index (κ1) is 12.1. The summed E-state index contributed by atoms with van der Waals surface area (Å²) in [4.78, 5) is 4.45. The van der Waals surface area contributed by atoms with Crippen molar-refractivity contribution in [3.63, 3.8) is 0 Å². The summed E-state index contributed by atoms with van der Waals surface area (Å²) in [7, 11) is 0. The lowest BCUT2D eigenvalue weighted by atomic mass is 10.1. The highest BCUT2D eigenvalue weighted by molar-refractivity contribution is 7.09. The normalized spacial score (nSPS) is 10.5. The van der Waals surface area contributed by atoms with Crippen LogP contribution in [0.15, 0.2) is 29.6 Å². The summed E-state index contributed by atoms with van der Waals surface area (Å²) >= 11 is 1.74. The molecule has 0 atom stereocenters. The summed E-state index contributed by atoms with van der Waals surface area (Å²) < 4.78 is 0. The summed E-state index contributed by atoms with van der Waals surface area (Å²) in [5.74, 6) is 0. The first-order chi connectivity index (χ1) is 8.28. The molecular formula is C14H18N2S. The van der Waals surface area contributed by atoms with E-state index in [4.69, 9.17) is 0 Å². The molecule has 0 amide bonds. The first-order valence-corrected chi connectivity index (χ1v) is 6.89. The predicted molar refractivity (Wildman–Crippen MR) is 74.9 cm³/mol. The monoisotopic (exact) mass is 246 g/mol. The molecule has 90 valence electrons. The molecule has 1 aromatic heterocycles. The number of thiazole rings is 1. The molecule has 2 nitrogen and oxygen atoms in total. The van der Waals surface area contributed by atoms with Crippen molar-refractivity contribution in [3.8, 4) is 0 Å². The average molecular weight is 246 g/mol. The summed E-state index contributed by atoms with van der Waals surface area (Å²) in [5, 5.41) is 6.73. The highest BCUT2D eigenvalue weighted by Gasteiger charge is 1.98. The van der Waals surface area contributed by atoms with Gasteiger partial charge >= 0.3 is 0 Å². The van der Waals surface area contributed by atoms with Gasteiger partial charge in [0, 0.05) is 29.7 Å². The van der Waals surface area contributed by atoms with Crippen LogP contribution in [0.3, 0.4) is 0 Å². The third-order valence-electron chi connectivity index (χ3n) is 2.70. The zero-order chi connectivity index (χ0) is 12.1. The standard InChI is InChI=1S/C14H18N2S/c1-3-12-4-6-13(7-5-12)15-9-8-14-16-11(2)10-17-14/h4-7,10,15H,3,8-9H2,1-2H3. The molecule has 0 aliphatic carbocycles. The van der Waals surface area contributed by atoms with Gasteiger partial charge in [-0.1, -0.05) is 19.1 Å². The van der Waals surface area contributed by atoms with E-state index in [1.807, 2.05) is 6.92 Å². The minimum absolute atomic E-state index is 0.943. The van der Waals surface area contributed by atoms with Gasteiger partial charge in [0.1, 0.15) is 0 Å². The highest BCUT2D eigenvalue weighted by Crippen LogP contribution is 2.12. The van der Waals surface area contributed by atoms with Crippen molar-refractivity contribution < 1.29 is 0 Å². The van der Waals surface area contributed by atoms with Crippen molar-refractivity contribution in [3.05, 3.63) is 45.9 Å². The molecule has 0 fully saturated rings. The second-order valence-corrected chi connectivity index (χ2v) is 5.05. The summed E-state index contributed by atoms with van der Waals surface area (Å²) in [5.41, 5.74) is 3.69. The Bertz CT molecular complexity index is 459. The number of hydrogen-bond donors (Lipinski definition) is 1. The Hall–Kier alpha value is -1.35. The number of nitrogens with one attached hydrogen (secondary N) is 1. The van der Waals surface area contributed by atoms with E-state index < -0.39 is 0 Å². The summed E-state index contributed by atoms with van der Waals surface area (Å²) in [6.07, 6.45) is 2.09. The molecule has 0 bridgehead atoms. The van der Waals surface area contributed by atoms with Gasteiger partial charge in [0.2, 0.25) is 0 Å².